The van der Waals surface area contributed by atoms with Crippen molar-refractivity contribution in [2.75, 3.05) is 11.9 Å². The number of ether oxygens (including phenoxy) is 1. The van der Waals surface area contributed by atoms with Gasteiger partial charge in [0.2, 0.25) is 0 Å². The Morgan fingerprint density at radius 3 is 2.50 bits per heavy atom. The lowest BCUT2D eigenvalue weighted by Crippen LogP contribution is -2.37. The quantitative estimate of drug-likeness (QED) is 0.744. The summed E-state index contributed by atoms with van der Waals surface area (Å²) in [6.07, 6.45) is 0. The smallest absolute Gasteiger partial charge is 0.264 e. The largest absolute Gasteiger partial charge is 0.483 e. The van der Waals surface area contributed by atoms with E-state index in [1.165, 1.54) is 0 Å². The van der Waals surface area contributed by atoms with Gasteiger partial charge in [-0.25, -0.2) is 0 Å². The molecule has 0 aliphatic heterocycles. The molecule has 1 amide bonds. The number of thiocarbonyl (C=S) groups is 1. The number of benzene rings is 2. The standard InChI is InChI=1S/C18H19BrN2O2S/c1-11-5-7-16(14(19)8-11)23-10-17(22)21-18(24)20-15-9-12(2)4-6-13(15)3/h4-9H,10H2,1-3H3,(H2,20,21,22,24). The molecule has 0 heterocycles. The van der Waals surface area contributed by atoms with Crippen molar-refractivity contribution in [3.63, 3.8) is 0 Å². The van der Waals surface area contributed by atoms with Gasteiger partial charge in [0.1, 0.15) is 5.75 Å². The molecule has 4 nitrogen and oxygen atoms in total. The highest BCUT2D eigenvalue weighted by atomic mass is 79.9. The van der Waals surface area contributed by atoms with Gasteiger partial charge in [-0.1, -0.05) is 18.2 Å². The van der Waals surface area contributed by atoms with Crippen molar-refractivity contribution in [3.05, 3.63) is 57.6 Å². The number of nitrogens with one attached hydrogen (secondary N) is 2. The van der Waals surface area contributed by atoms with Crippen LogP contribution < -0.4 is 15.4 Å². The number of rotatable bonds is 4. The Kier molecular flexibility index (Phi) is 6.34. The van der Waals surface area contributed by atoms with E-state index in [9.17, 15) is 4.79 Å². The average molecular weight is 407 g/mol. The number of hydrogen-bond acceptors (Lipinski definition) is 3. The molecule has 0 bridgehead atoms. The van der Waals surface area contributed by atoms with Crippen molar-refractivity contribution >= 4 is 44.9 Å². The minimum Gasteiger partial charge on any atom is -0.483 e. The molecular weight excluding hydrogens is 388 g/mol. The van der Waals surface area contributed by atoms with E-state index in [0.717, 1.165) is 26.9 Å². The summed E-state index contributed by atoms with van der Waals surface area (Å²) < 4.78 is 6.31. The maximum atomic E-state index is 12.0. The minimum absolute atomic E-state index is 0.115. The maximum Gasteiger partial charge on any atom is 0.264 e. The topological polar surface area (TPSA) is 50.4 Å². The van der Waals surface area contributed by atoms with Crippen LogP contribution in [0, 0.1) is 20.8 Å². The van der Waals surface area contributed by atoms with Crippen LogP contribution in [0.2, 0.25) is 0 Å². The van der Waals surface area contributed by atoms with Gasteiger partial charge in [-0.3, -0.25) is 10.1 Å². The maximum absolute atomic E-state index is 12.0. The summed E-state index contributed by atoms with van der Waals surface area (Å²) in [6, 6.07) is 11.7. The van der Waals surface area contributed by atoms with Gasteiger partial charge in [-0.15, -0.1) is 0 Å². The summed E-state index contributed by atoms with van der Waals surface area (Å²) in [5.74, 6) is 0.300. The Morgan fingerprint density at radius 1 is 1.12 bits per heavy atom. The third kappa shape index (κ3) is 5.32. The van der Waals surface area contributed by atoms with Crippen molar-refractivity contribution in [2.24, 2.45) is 0 Å². The number of anilines is 1. The third-order valence-electron chi connectivity index (χ3n) is 3.34. The van der Waals surface area contributed by atoms with Crippen LogP contribution in [-0.2, 0) is 4.79 Å². The molecule has 2 N–H and O–H groups in total. The zero-order valence-corrected chi connectivity index (χ0v) is 16.2. The molecule has 0 aromatic heterocycles. The first-order valence-electron chi connectivity index (χ1n) is 7.42. The van der Waals surface area contributed by atoms with Crippen molar-refractivity contribution < 1.29 is 9.53 Å². The second-order valence-electron chi connectivity index (χ2n) is 5.54. The van der Waals surface area contributed by atoms with Crippen LogP contribution in [0.3, 0.4) is 0 Å². The number of aryl methyl sites for hydroxylation is 3. The Hall–Kier alpha value is -1.92. The number of halogens is 1. The molecule has 0 aliphatic rings. The van der Waals surface area contributed by atoms with Crippen LogP contribution >= 0.6 is 28.1 Å². The first kappa shape index (κ1) is 18.4. The SMILES string of the molecule is Cc1ccc(OCC(=O)NC(=S)Nc2cc(C)ccc2C)c(Br)c1. The van der Waals surface area contributed by atoms with Crippen molar-refractivity contribution in [1.29, 1.82) is 0 Å². The molecule has 0 atom stereocenters. The fourth-order valence-electron chi connectivity index (χ4n) is 2.05. The Bertz CT molecular complexity index is 778. The molecule has 0 saturated carbocycles. The molecule has 0 aliphatic carbocycles. The predicted molar refractivity (Wildman–Crippen MR) is 105 cm³/mol. The lowest BCUT2D eigenvalue weighted by Gasteiger charge is -2.13. The summed E-state index contributed by atoms with van der Waals surface area (Å²) in [6.45, 7) is 5.85. The molecule has 2 aromatic carbocycles. The summed E-state index contributed by atoms with van der Waals surface area (Å²) in [4.78, 5) is 12.0. The fraction of sp³-hybridized carbons (Fsp3) is 0.222. The van der Waals surface area contributed by atoms with Crippen molar-refractivity contribution in [2.45, 2.75) is 20.8 Å². The minimum atomic E-state index is -0.315. The van der Waals surface area contributed by atoms with E-state index < -0.39 is 0 Å². The third-order valence-corrected chi connectivity index (χ3v) is 4.16. The lowest BCUT2D eigenvalue weighted by atomic mass is 10.1. The number of hydrogen-bond donors (Lipinski definition) is 2. The molecule has 0 saturated heterocycles. The van der Waals surface area contributed by atoms with Crippen LogP contribution in [-0.4, -0.2) is 17.6 Å². The average Bonchev–Trinajstić information content (AvgIpc) is 2.50. The molecular formula is C18H19BrN2O2S. The predicted octanol–water partition coefficient (Wildman–Crippen LogP) is 4.27. The molecule has 0 unspecified atom stereocenters. The summed E-state index contributed by atoms with van der Waals surface area (Å²) in [7, 11) is 0. The Labute approximate surface area is 155 Å². The zero-order chi connectivity index (χ0) is 17.7. The summed E-state index contributed by atoms with van der Waals surface area (Å²) >= 11 is 8.59. The van der Waals surface area contributed by atoms with Gasteiger partial charge in [0.15, 0.2) is 11.7 Å². The van der Waals surface area contributed by atoms with Gasteiger partial charge in [-0.05, 0) is 83.8 Å². The van der Waals surface area contributed by atoms with E-state index >= 15 is 0 Å². The summed E-state index contributed by atoms with van der Waals surface area (Å²) in [5.41, 5.74) is 4.15. The normalized spacial score (nSPS) is 10.2. The van der Waals surface area contributed by atoms with Crippen molar-refractivity contribution in [3.8, 4) is 5.75 Å². The first-order chi connectivity index (χ1) is 11.3. The van der Waals surface area contributed by atoms with Crippen LogP contribution in [0.1, 0.15) is 16.7 Å². The van der Waals surface area contributed by atoms with E-state index in [1.54, 1.807) is 0 Å². The van der Waals surface area contributed by atoms with Crippen molar-refractivity contribution in [1.82, 2.24) is 5.32 Å². The number of carbonyl (C=O) groups excluding carboxylic acids is 1. The fourth-order valence-corrected chi connectivity index (χ4v) is 2.88. The monoisotopic (exact) mass is 406 g/mol. The van der Waals surface area contributed by atoms with Crippen LogP contribution in [0.15, 0.2) is 40.9 Å². The summed E-state index contributed by atoms with van der Waals surface area (Å²) in [5, 5.41) is 5.90. The lowest BCUT2D eigenvalue weighted by molar-refractivity contribution is -0.121. The Morgan fingerprint density at radius 2 is 1.79 bits per heavy atom. The van der Waals surface area contributed by atoms with E-state index in [0.29, 0.717) is 5.75 Å². The first-order valence-corrected chi connectivity index (χ1v) is 8.62. The van der Waals surface area contributed by atoms with Crippen LogP contribution in [0.5, 0.6) is 5.75 Å². The zero-order valence-electron chi connectivity index (χ0n) is 13.8. The highest BCUT2D eigenvalue weighted by molar-refractivity contribution is 9.10. The van der Waals surface area contributed by atoms with E-state index in [2.05, 4.69) is 26.6 Å². The molecule has 0 radical (unpaired) electrons. The molecule has 0 spiro atoms. The highest BCUT2D eigenvalue weighted by Crippen LogP contribution is 2.25. The molecule has 126 valence electrons. The number of amides is 1. The van der Waals surface area contributed by atoms with Gasteiger partial charge in [0.05, 0.1) is 4.47 Å². The van der Waals surface area contributed by atoms with E-state index in [4.69, 9.17) is 17.0 Å². The molecule has 24 heavy (non-hydrogen) atoms. The van der Waals surface area contributed by atoms with Gasteiger partial charge >= 0.3 is 0 Å². The molecule has 6 heteroatoms. The second-order valence-corrected chi connectivity index (χ2v) is 6.81. The van der Waals surface area contributed by atoms with Gasteiger partial charge in [0, 0.05) is 5.69 Å². The van der Waals surface area contributed by atoms with E-state index in [-0.39, 0.29) is 17.6 Å². The van der Waals surface area contributed by atoms with Gasteiger partial charge in [0.25, 0.3) is 5.91 Å². The number of carbonyl (C=O) groups is 1. The Balaban J connectivity index is 1.87. The van der Waals surface area contributed by atoms with Gasteiger partial charge in [-0.2, -0.15) is 0 Å². The van der Waals surface area contributed by atoms with E-state index in [1.807, 2.05) is 57.2 Å². The molecule has 2 aromatic rings. The second kappa shape index (κ2) is 8.26. The highest BCUT2D eigenvalue weighted by Gasteiger charge is 2.09. The van der Waals surface area contributed by atoms with Gasteiger partial charge < -0.3 is 10.1 Å². The molecule has 0 fully saturated rings. The van der Waals surface area contributed by atoms with Crippen LogP contribution in [0.25, 0.3) is 0 Å². The molecule has 2 rings (SSSR count). The van der Waals surface area contributed by atoms with Crippen LogP contribution in [0.4, 0.5) is 5.69 Å².